The molecule has 0 radical (unpaired) electrons. The van der Waals surface area contributed by atoms with Crippen molar-refractivity contribution in [1.29, 1.82) is 0 Å². The van der Waals surface area contributed by atoms with Crippen molar-refractivity contribution in [2.75, 3.05) is 0 Å². The lowest BCUT2D eigenvalue weighted by Gasteiger charge is -2.13. The van der Waals surface area contributed by atoms with Crippen molar-refractivity contribution < 1.29 is 4.39 Å². The first kappa shape index (κ1) is 15.3. The van der Waals surface area contributed by atoms with Gasteiger partial charge in [-0.3, -0.25) is 0 Å². The van der Waals surface area contributed by atoms with Crippen LogP contribution in [0.4, 0.5) is 4.39 Å². The molecule has 1 atom stereocenters. The Kier molecular flexibility index (Phi) is 3.24. The molecule has 2 aromatic rings. The molecule has 2 nitrogen and oxygen atoms in total. The van der Waals surface area contributed by atoms with Gasteiger partial charge in [-0.15, -0.1) is 11.6 Å². The second-order valence-corrected chi connectivity index (χ2v) is 8.57. The van der Waals surface area contributed by atoms with Crippen LogP contribution in [-0.4, -0.2) is 9.55 Å². The maximum atomic E-state index is 14.0. The number of alkyl halides is 1. The number of hydrogen-bond donors (Lipinski definition) is 0. The lowest BCUT2D eigenvalue weighted by Crippen LogP contribution is -2.07. The minimum Gasteiger partial charge on any atom is -0.322 e. The summed E-state index contributed by atoms with van der Waals surface area (Å²) in [4.78, 5) is 4.64. The van der Waals surface area contributed by atoms with E-state index in [2.05, 4.69) is 53.2 Å². The summed E-state index contributed by atoms with van der Waals surface area (Å²) in [7, 11) is 0. The molecule has 1 aromatic heterocycles. The Morgan fingerprint density at radius 2 is 1.86 bits per heavy atom. The second-order valence-electron chi connectivity index (χ2n) is 7.06. The zero-order valence-corrected chi connectivity index (χ0v) is 15.2. The van der Waals surface area contributed by atoms with Crippen molar-refractivity contribution >= 4 is 38.6 Å². The monoisotopic (exact) mass is 372 g/mol. The number of benzene rings is 1. The molecule has 0 bridgehead atoms. The topological polar surface area (TPSA) is 17.8 Å². The largest absolute Gasteiger partial charge is 0.322 e. The minimum absolute atomic E-state index is 0.130. The van der Waals surface area contributed by atoms with E-state index in [-0.39, 0.29) is 28.1 Å². The number of rotatable bonds is 2. The molecule has 0 spiro atoms. The van der Waals surface area contributed by atoms with Gasteiger partial charge in [0.25, 0.3) is 0 Å². The molecule has 0 saturated heterocycles. The van der Waals surface area contributed by atoms with Gasteiger partial charge in [0, 0.05) is 12.1 Å². The van der Waals surface area contributed by atoms with E-state index >= 15 is 0 Å². The first-order valence-electron chi connectivity index (χ1n) is 7.10. The molecule has 1 aromatic carbocycles. The van der Waals surface area contributed by atoms with Gasteiger partial charge in [-0.2, -0.15) is 0 Å². The van der Waals surface area contributed by atoms with Crippen molar-refractivity contribution in [2.45, 2.75) is 46.0 Å². The van der Waals surface area contributed by atoms with Crippen LogP contribution in [0.2, 0.25) is 0 Å². The molecule has 1 saturated carbocycles. The molecule has 0 aliphatic heterocycles. The Labute approximate surface area is 137 Å². The Balaban J connectivity index is 2.30. The Hall–Kier alpha value is -0.610. The van der Waals surface area contributed by atoms with Crippen LogP contribution >= 0.6 is 27.5 Å². The number of hydrogen-bond acceptors (Lipinski definition) is 1. The lowest BCUT2D eigenvalue weighted by molar-refractivity contribution is 0.457. The fourth-order valence-electron chi connectivity index (χ4n) is 3.47. The summed E-state index contributed by atoms with van der Waals surface area (Å²) in [5.41, 5.74) is 1.86. The summed E-state index contributed by atoms with van der Waals surface area (Å²) >= 11 is 9.56. The molecule has 114 valence electrons. The van der Waals surface area contributed by atoms with Crippen LogP contribution in [0.1, 0.15) is 51.9 Å². The van der Waals surface area contributed by atoms with Crippen LogP contribution in [0.15, 0.2) is 16.6 Å². The lowest BCUT2D eigenvalue weighted by atomic mass is 10.0. The van der Waals surface area contributed by atoms with Crippen LogP contribution in [0.5, 0.6) is 0 Å². The summed E-state index contributed by atoms with van der Waals surface area (Å²) in [5.74, 6) is 0.543. The first-order valence-corrected chi connectivity index (χ1v) is 8.33. The molecule has 3 rings (SSSR count). The molecule has 5 heteroatoms. The van der Waals surface area contributed by atoms with Crippen molar-refractivity contribution in [3.05, 3.63) is 28.2 Å². The third-order valence-electron chi connectivity index (χ3n) is 5.32. The van der Waals surface area contributed by atoms with Crippen LogP contribution in [0.3, 0.4) is 0 Å². The SMILES string of the molecule is CC(Cl)c1nc2cc(Br)c(F)cc2n1C1C(C)(C)C1(C)C. The van der Waals surface area contributed by atoms with Gasteiger partial charge in [0.15, 0.2) is 0 Å². The molecule has 0 amide bonds. The van der Waals surface area contributed by atoms with E-state index in [0.29, 0.717) is 4.47 Å². The van der Waals surface area contributed by atoms with E-state index in [1.54, 1.807) is 12.1 Å². The van der Waals surface area contributed by atoms with Crippen LogP contribution in [0, 0.1) is 16.6 Å². The van der Waals surface area contributed by atoms with E-state index in [0.717, 1.165) is 16.9 Å². The quantitative estimate of drug-likeness (QED) is 0.604. The van der Waals surface area contributed by atoms with Crippen molar-refractivity contribution in [3.8, 4) is 0 Å². The average molecular weight is 374 g/mol. The molecule has 1 unspecified atom stereocenters. The molecule has 0 N–H and O–H groups in total. The van der Waals surface area contributed by atoms with Gasteiger partial charge in [-0.25, -0.2) is 9.37 Å². The number of aromatic nitrogens is 2. The van der Waals surface area contributed by atoms with Gasteiger partial charge in [-0.05, 0) is 39.8 Å². The predicted molar refractivity (Wildman–Crippen MR) is 88.3 cm³/mol. The predicted octanol–water partition coefficient (Wildman–Crippen LogP) is 5.84. The highest BCUT2D eigenvalue weighted by Gasteiger charge is 2.66. The second kappa shape index (κ2) is 4.45. The normalized spacial score (nSPS) is 21.7. The van der Waals surface area contributed by atoms with Gasteiger partial charge in [0.2, 0.25) is 0 Å². The highest BCUT2D eigenvalue weighted by Crippen LogP contribution is 2.72. The van der Waals surface area contributed by atoms with Gasteiger partial charge in [-0.1, -0.05) is 27.7 Å². The summed E-state index contributed by atoms with van der Waals surface area (Å²) in [6, 6.07) is 3.55. The van der Waals surface area contributed by atoms with Gasteiger partial charge in [0.1, 0.15) is 11.6 Å². The smallest absolute Gasteiger partial charge is 0.139 e. The Bertz CT molecular complexity index is 719. The highest BCUT2D eigenvalue weighted by atomic mass is 79.9. The average Bonchev–Trinajstić information content (AvgIpc) is 2.66. The van der Waals surface area contributed by atoms with Crippen molar-refractivity contribution in [1.82, 2.24) is 9.55 Å². The molecular weight excluding hydrogens is 355 g/mol. The molecule has 1 aliphatic rings. The molecule has 1 aliphatic carbocycles. The number of imidazole rings is 1. The summed E-state index contributed by atoms with van der Waals surface area (Å²) in [6.07, 6.45) is 0. The fraction of sp³-hybridized carbons (Fsp3) is 0.562. The van der Waals surface area contributed by atoms with E-state index in [1.807, 2.05) is 6.92 Å². The zero-order valence-electron chi connectivity index (χ0n) is 12.8. The standard InChI is InChI=1S/C16H19BrClFN2/c1-8(18)13-20-11-6-9(17)10(19)7-12(11)21(13)14-15(2,3)16(14,4)5/h6-8,14H,1-5H3. The number of halogens is 3. The van der Waals surface area contributed by atoms with Crippen LogP contribution in [-0.2, 0) is 0 Å². The summed E-state index contributed by atoms with van der Waals surface area (Å²) < 4.78 is 16.6. The number of fused-ring (bicyclic) bond motifs is 1. The fourth-order valence-corrected chi connectivity index (χ4v) is 3.95. The first-order chi connectivity index (χ1) is 9.59. The van der Waals surface area contributed by atoms with Crippen LogP contribution in [0.25, 0.3) is 11.0 Å². The Morgan fingerprint density at radius 3 is 2.33 bits per heavy atom. The van der Waals surface area contributed by atoms with E-state index in [9.17, 15) is 4.39 Å². The van der Waals surface area contributed by atoms with Crippen molar-refractivity contribution in [3.63, 3.8) is 0 Å². The van der Waals surface area contributed by atoms with E-state index in [4.69, 9.17) is 11.6 Å². The molecular formula is C16H19BrClFN2. The minimum atomic E-state index is -0.270. The third kappa shape index (κ3) is 1.98. The van der Waals surface area contributed by atoms with Crippen LogP contribution < -0.4 is 0 Å². The molecule has 21 heavy (non-hydrogen) atoms. The van der Waals surface area contributed by atoms with Crippen molar-refractivity contribution in [2.24, 2.45) is 10.8 Å². The third-order valence-corrected chi connectivity index (χ3v) is 6.12. The molecule has 1 fully saturated rings. The summed E-state index contributed by atoms with van der Waals surface area (Å²) in [5, 5.41) is -0.216. The maximum Gasteiger partial charge on any atom is 0.139 e. The van der Waals surface area contributed by atoms with E-state index < -0.39 is 0 Å². The van der Waals surface area contributed by atoms with E-state index in [1.165, 1.54) is 0 Å². The maximum absolute atomic E-state index is 14.0. The summed E-state index contributed by atoms with van der Waals surface area (Å²) in [6.45, 7) is 10.9. The zero-order chi connectivity index (χ0) is 15.7. The van der Waals surface area contributed by atoms with Gasteiger partial charge < -0.3 is 4.57 Å². The van der Waals surface area contributed by atoms with Gasteiger partial charge >= 0.3 is 0 Å². The Morgan fingerprint density at radius 1 is 1.29 bits per heavy atom. The molecule has 1 heterocycles. The van der Waals surface area contributed by atoms with Gasteiger partial charge in [0.05, 0.1) is 20.9 Å². The number of nitrogens with zero attached hydrogens (tertiary/aromatic N) is 2. The highest BCUT2D eigenvalue weighted by molar-refractivity contribution is 9.10.